The van der Waals surface area contributed by atoms with Crippen LogP contribution in [0.5, 0.6) is 5.75 Å². The van der Waals surface area contributed by atoms with Crippen molar-refractivity contribution in [2.75, 3.05) is 13.7 Å². The highest BCUT2D eigenvalue weighted by Crippen LogP contribution is 2.53. The minimum atomic E-state index is -0.636. The highest BCUT2D eigenvalue weighted by molar-refractivity contribution is 6.50. The summed E-state index contributed by atoms with van der Waals surface area (Å²) < 4.78 is 4.99. The average Bonchev–Trinajstić information content (AvgIpc) is 3.10. The van der Waals surface area contributed by atoms with Crippen molar-refractivity contribution in [2.45, 2.75) is 23.7 Å². The molecule has 0 heterocycles. The zero-order chi connectivity index (χ0) is 15.5. The topological polar surface area (TPSA) is 60.2 Å². The Morgan fingerprint density at radius 1 is 1.43 bits per heavy atom. The summed E-state index contributed by atoms with van der Waals surface area (Å²) in [6, 6.07) is 6.61. The summed E-state index contributed by atoms with van der Waals surface area (Å²) in [6.07, 6.45) is 0.751. The lowest BCUT2D eigenvalue weighted by Gasteiger charge is -2.10. The van der Waals surface area contributed by atoms with Gasteiger partial charge in [-0.05, 0) is 37.6 Å². The number of alkyl halides is 2. The van der Waals surface area contributed by atoms with E-state index < -0.39 is 10.4 Å². The first kappa shape index (κ1) is 16.0. The number of hydrogen-bond acceptors (Lipinski definition) is 5. The molecule has 1 saturated carbocycles. The Kier molecular flexibility index (Phi) is 5.06. The fourth-order valence-corrected chi connectivity index (χ4v) is 2.39. The molecular formula is C14H16Cl2N2O3. The van der Waals surface area contributed by atoms with Crippen molar-refractivity contribution >= 4 is 28.9 Å². The van der Waals surface area contributed by atoms with E-state index >= 15 is 0 Å². The van der Waals surface area contributed by atoms with Crippen molar-refractivity contribution in [1.82, 2.24) is 0 Å². The van der Waals surface area contributed by atoms with Gasteiger partial charge in [-0.2, -0.15) is 4.91 Å². The summed E-state index contributed by atoms with van der Waals surface area (Å²) in [5, 5.41) is 6.81. The third kappa shape index (κ3) is 4.08. The van der Waals surface area contributed by atoms with Crippen LogP contribution in [0.3, 0.4) is 0 Å². The Balaban J connectivity index is 2.00. The van der Waals surface area contributed by atoms with Crippen LogP contribution in [0.1, 0.15) is 18.9 Å². The minimum Gasteiger partial charge on any atom is -0.493 e. The second-order valence-corrected chi connectivity index (χ2v) is 6.48. The van der Waals surface area contributed by atoms with Gasteiger partial charge in [-0.3, -0.25) is 0 Å². The molecule has 0 aromatic heterocycles. The molecule has 0 bridgehead atoms. The molecule has 0 amide bonds. The maximum Gasteiger partial charge on any atom is 0.135 e. The van der Waals surface area contributed by atoms with Crippen LogP contribution in [0, 0.1) is 10.8 Å². The Morgan fingerprint density at radius 2 is 2.05 bits per heavy atom. The van der Waals surface area contributed by atoms with E-state index in [1.807, 2.05) is 0 Å². The molecule has 2 unspecified atom stereocenters. The van der Waals surface area contributed by atoms with Crippen LogP contribution in [0.15, 0.2) is 34.6 Å². The zero-order valence-electron chi connectivity index (χ0n) is 11.8. The number of rotatable bonds is 7. The molecule has 5 nitrogen and oxygen atoms in total. The first-order valence-corrected chi connectivity index (χ1v) is 7.28. The third-order valence-electron chi connectivity index (χ3n) is 3.30. The Morgan fingerprint density at radius 3 is 2.52 bits per heavy atom. The molecular weight excluding hydrogens is 315 g/mol. The standard InChI is InChI=1S/C14H16Cl2N2O3/c1-9(17-19)13(18-20-2)10-3-5-12(6-4-10)21-8-11-7-14(11,15)16/h3-6,9,11H,7-8H2,1-2H3. The van der Waals surface area contributed by atoms with Gasteiger partial charge in [-0.1, -0.05) is 10.3 Å². The summed E-state index contributed by atoms with van der Waals surface area (Å²) in [6.45, 7) is 2.14. The van der Waals surface area contributed by atoms with E-state index in [-0.39, 0.29) is 5.92 Å². The fourth-order valence-electron chi connectivity index (χ4n) is 1.89. The maximum atomic E-state index is 10.7. The van der Waals surface area contributed by atoms with E-state index in [1.54, 1.807) is 31.2 Å². The first-order valence-electron chi connectivity index (χ1n) is 6.52. The van der Waals surface area contributed by atoms with E-state index in [0.717, 1.165) is 12.0 Å². The lowest BCUT2D eigenvalue weighted by atomic mass is 10.1. The van der Waals surface area contributed by atoms with Crippen LogP contribution in [-0.2, 0) is 4.84 Å². The predicted octanol–water partition coefficient (Wildman–Crippen LogP) is 3.76. The summed E-state index contributed by atoms with van der Waals surface area (Å²) in [5.74, 6) is 0.878. The first-order chi connectivity index (χ1) is 9.97. The van der Waals surface area contributed by atoms with Crippen molar-refractivity contribution in [3.63, 3.8) is 0 Å². The smallest absolute Gasteiger partial charge is 0.135 e. The molecule has 1 aromatic rings. The minimum absolute atomic E-state index is 0.172. The molecule has 0 N–H and O–H groups in total. The van der Waals surface area contributed by atoms with Gasteiger partial charge in [0.25, 0.3) is 0 Å². The third-order valence-corrected chi connectivity index (χ3v) is 4.23. The second-order valence-electron chi connectivity index (χ2n) is 4.94. The molecule has 21 heavy (non-hydrogen) atoms. The van der Waals surface area contributed by atoms with Gasteiger partial charge in [0, 0.05) is 11.5 Å². The zero-order valence-corrected chi connectivity index (χ0v) is 13.3. The highest BCUT2D eigenvalue weighted by Gasteiger charge is 2.52. The summed E-state index contributed by atoms with van der Waals surface area (Å²) in [5.41, 5.74) is 1.23. The van der Waals surface area contributed by atoms with Gasteiger partial charge in [0.15, 0.2) is 0 Å². The lowest BCUT2D eigenvalue weighted by Crippen LogP contribution is -2.16. The number of ether oxygens (including phenoxy) is 1. The number of hydrogen-bond donors (Lipinski definition) is 0. The van der Waals surface area contributed by atoms with Crippen LogP contribution >= 0.6 is 23.2 Å². The predicted molar refractivity (Wildman–Crippen MR) is 83.3 cm³/mol. The molecule has 0 aliphatic heterocycles. The normalized spacial score (nSPS) is 21.5. The molecule has 1 fully saturated rings. The summed E-state index contributed by atoms with van der Waals surface area (Å²) >= 11 is 11.9. The number of nitroso groups, excluding NO2 is 1. The molecule has 114 valence electrons. The molecule has 7 heteroatoms. The van der Waals surface area contributed by atoms with Crippen LogP contribution in [0.4, 0.5) is 0 Å². The lowest BCUT2D eigenvalue weighted by molar-refractivity contribution is 0.212. The molecule has 1 aliphatic carbocycles. The molecule has 0 radical (unpaired) electrons. The van der Waals surface area contributed by atoms with Gasteiger partial charge in [-0.25, -0.2) is 0 Å². The summed E-state index contributed by atoms with van der Waals surface area (Å²) in [4.78, 5) is 15.4. The fraction of sp³-hybridized carbons (Fsp3) is 0.500. The number of oxime groups is 1. The van der Waals surface area contributed by atoms with Gasteiger partial charge >= 0.3 is 0 Å². The van der Waals surface area contributed by atoms with Gasteiger partial charge in [0.1, 0.15) is 28.9 Å². The second kappa shape index (κ2) is 6.62. The monoisotopic (exact) mass is 330 g/mol. The van der Waals surface area contributed by atoms with Crippen molar-refractivity contribution in [3.8, 4) is 5.75 Å². The maximum absolute atomic E-state index is 10.7. The highest BCUT2D eigenvalue weighted by atomic mass is 35.5. The van der Waals surface area contributed by atoms with Gasteiger partial charge in [0.2, 0.25) is 0 Å². The van der Waals surface area contributed by atoms with Crippen LogP contribution in [0.2, 0.25) is 0 Å². The number of halogens is 2. The average molecular weight is 331 g/mol. The van der Waals surface area contributed by atoms with Gasteiger partial charge in [-0.15, -0.1) is 23.2 Å². The van der Waals surface area contributed by atoms with E-state index in [4.69, 9.17) is 32.8 Å². The van der Waals surface area contributed by atoms with Crippen LogP contribution < -0.4 is 4.74 Å². The van der Waals surface area contributed by atoms with E-state index in [1.165, 1.54) is 7.11 Å². The molecule has 0 saturated heterocycles. The van der Waals surface area contributed by atoms with Crippen LogP contribution in [-0.4, -0.2) is 29.8 Å². The van der Waals surface area contributed by atoms with E-state index in [2.05, 4.69) is 10.3 Å². The van der Waals surface area contributed by atoms with E-state index in [0.29, 0.717) is 18.1 Å². The van der Waals surface area contributed by atoms with Crippen molar-refractivity contribution < 1.29 is 9.57 Å². The number of nitrogens with zero attached hydrogens (tertiary/aromatic N) is 2. The van der Waals surface area contributed by atoms with Crippen molar-refractivity contribution in [1.29, 1.82) is 0 Å². The molecule has 2 atom stereocenters. The Labute approximate surface area is 133 Å². The summed E-state index contributed by atoms with van der Waals surface area (Å²) in [7, 11) is 1.43. The van der Waals surface area contributed by atoms with Crippen LogP contribution in [0.25, 0.3) is 0 Å². The van der Waals surface area contributed by atoms with E-state index in [9.17, 15) is 4.91 Å². The quantitative estimate of drug-likeness (QED) is 0.331. The molecule has 1 aromatic carbocycles. The van der Waals surface area contributed by atoms with Gasteiger partial charge < -0.3 is 9.57 Å². The van der Waals surface area contributed by atoms with Crippen molar-refractivity contribution in [2.24, 2.45) is 16.3 Å². The Hall–Kier alpha value is -1.33. The van der Waals surface area contributed by atoms with Gasteiger partial charge in [0.05, 0.1) is 6.61 Å². The van der Waals surface area contributed by atoms with Crippen molar-refractivity contribution in [3.05, 3.63) is 34.7 Å². The SMILES string of the molecule is CON=C(c1ccc(OCC2CC2(Cl)Cl)cc1)C(C)N=O. The number of benzene rings is 1. The molecule has 1 aliphatic rings. The molecule has 2 rings (SSSR count). The largest absolute Gasteiger partial charge is 0.493 e. The Bertz CT molecular complexity index is 532. The molecule has 0 spiro atoms.